The predicted molar refractivity (Wildman–Crippen MR) is 92.6 cm³/mol. The third-order valence-electron chi connectivity index (χ3n) is 3.54. The Morgan fingerprint density at radius 1 is 1.00 bits per heavy atom. The highest BCUT2D eigenvalue weighted by Crippen LogP contribution is 2.18. The zero-order valence-corrected chi connectivity index (χ0v) is 12.8. The summed E-state index contributed by atoms with van der Waals surface area (Å²) in [5.74, 6) is -0.219. The molecule has 114 valence electrons. The summed E-state index contributed by atoms with van der Waals surface area (Å²) in [6, 6.07) is 19.0. The number of carbonyl (C=O) groups is 1. The van der Waals surface area contributed by atoms with E-state index in [4.69, 9.17) is 0 Å². The minimum absolute atomic E-state index is 0.219. The van der Waals surface area contributed by atoms with Crippen LogP contribution in [0.5, 0.6) is 0 Å². The number of aromatic nitrogens is 1. The molecular formula is C19H17N3O. The second-order valence-corrected chi connectivity index (χ2v) is 5.25. The van der Waals surface area contributed by atoms with Crippen LogP contribution in [0.1, 0.15) is 21.6 Å². The number of pyridine rings is 1. The average molecular weight is 303 g/mol. The Morgan fingerprint density at radius 2 is 1.70 bits per heavy atom. The van der Waals surface area contributed by atoms with E-state index in [-0.39, 0.29) is 5.91 Å². The molecule has 0 aliphatic heterocycles. The Balaban J connectivity index is 1.80. The van der Waals surface area contributed by atoms with Gasteiger partial charge in [-0.05, 0) is 24.6 Å². The molecule has 4 nitrogen and oxygen atoms in total. The van der Waals surface area contributed by atoms with E-state index in [1.165, 1.54) is 0 Å². The fraction of sp³-hybridized carbons (Fsp3) is 0.0526. The first-order valence-corrected chi connectivity index (χ1v) is 7.32. The van der Waals surface area contributed by atoms with Crippen molar-refractivity contribution in [2.75, 3.05) is 0 Å². The maximum Gasteiger partial charge on any atom is 0.270 e. The molecule has 0 fully saturated rings. The van der Waals surface area contributed by atoms with Crippen LogP contribution >= 0.6 is 0 Å². The molecule has 0 spiro atoms. The molecule has 0 unspecified atom stereocenters. The van der Waals surface area contributed by atoms with Crippen molar-refractivity contribution < 1.29 is 4.79 Å². The Hall–Kier alpha value is -3.14. The van der Waals surface area contributed by atoms with Crippen molar-refractivity contribution >= 4 is 22.5 Å². The highest BCUT2D eigenvalue weighted by Gasteiger charge is 2.11. The minimum Gasteiger partial charge on any atom is -0.298 e. The van der Waals surface area contributed by atoms with Crippen LogP contribution < -0.4 is 10.9 Å². The van der Waals surface area contributed by atoms with Gasteiger partial charge in [0.2, 0.25) is 0 Å². The molecule has 1 amide bonds. The highest BCUT2D eigenvalue weighted by atomic mass is 16.2. The first-order chi connectivity index (χ1) is 11.1. The lowest BCUT2D eigenvalue weighted by atomic mass is 10.1. The summed E-state index contributed by atoms with van der Waals surface area (Å²) in [6.07, 6.45) is 0. The number of nitrogens with one attached hydrogen (secondary N) is 2. The standard InChI is InChI=1S/C19H17N3O/c1-13-12-17(16-10-6-7-11-18(16)20-13)19(23)22-21-14(2)15-8-4-3-5-9-15/h3-12,21H,2H2,1H3,(H,22,23). The highest BCUT2D eigenvalue weighted by molar-refractivity contribution is 6.06. The number of nitrogens with zero attached hydrogens (tertiary/aromatic N) is 1. The van der Waals surface area contributed by atoms with E-state index < -0.39 is 0 Å². The largest absolute Gasteiger partial charge is 0.298 e. The lowest BCUT2D eigenvalue weighted by Gasteiger charge is -2.12. The lowest BCUT2D eigenvalue weighted by Crippen LogP contribution is -2.36. The maximum absolute atomic E-state index is 12.5. The van der Waals surface area contributed by atoms with Gasteiger partial charge in [0.1, 0.15) is 0 Å². The SMILES string of the molecule is C=C(NNC(=O)c1cc(C)nc2ccccc12)c1ccccc1. The molecule has 1 aromatic heterocycles. The van der Waals surface area contributed by atoms with Crippen LogP contribution in [0, 0.1) is 6.92 Å². The van der Waals surface area contributed by atoms with Gasteiger partial charge in [0, 0.05) is 11.1 Å². The molecule has 2 N–H and O–H groups in total. The van der Waals surface area contributed by atoms with Gasteiger partial charge in [0.15, 0.2) is 0 Å². The monoisotopic (exact) mass is 303 g/mol. The average Bonchev–Trinajstić information content (AvgIpc) is 2.59. The van der Waals surface area contributed by atoms with Crippen LogP contribution in [-0.2, 0) is 0 Å². The first kappa shape index (κ1) is 14.8. The van der Waals surface area contributed by atoms with E-state index in [1.807, 2.05) is 61.5 Å². The van der Waals surface area contributed by atoms with Crippen molar-refractivity contribution in [1.82, 2.24) is 15.8 Å². The minimum atomic E-state index is -0.219. The van der Waals surface area contributed by atoms with Gasteiger partial charge in [-0.15, -0.1) is 0 Å². The van der Waals surface area contributed by atoms with Gasteiger partial charge in [-0.3, -0.25) is 20.6 Å². The van der Waals surface area contributed by atoms with Gasteiger partial charge in [0.25, 0.3) is 5.91 Å². The van der Waals surface area contributed by atoms with Gasteiger partial charge < -0.3 is 0 Å². The van der Waals surface area contributed by atoms with Gasteiger partial charge in [-0.1, -0.05) is 55.1 Å². The molecule has 4 heteroatoms. The van der Waals surface area contributed by atoms with E-state index in [2.05, 4.69) is 22.4 Å². The van der Waals surface area contributed by atoms with E-state index in [9.17, 15) is 4.79 Å². The number of carbonyl (C=O) groups excluding carboxylic acids is 1. The topological polar surface area (TPSA) is 54.0 Å². The third kappa shape index (κ3) is 3.21. The molecule has 0 aliphatic carbocycles. The number of rotatable bonds is 4. The van der Waals surface area contributed by atoms with Crippen molar-refractivity contribution in [1.29, 1.82) is 0 Å². The van der Waals surface area contributed by atoms with E-state index >= 15 is 0 Å². The molecule has 2 aromatic carbocycles. The van der Waals surface area contributed by atoms with Crippen LogP contribution in [0.4, 0.5) is 0 Å². The molecule has 0 bridgehead atoms. The maximum atomic E-state index is 12.5. The molecule has 3 rings (SSSR count). The Kier molecular flexibility index (Phi) is 4.06. The number of aryl methyl sites for hydroxylation is 1. The van der Waals surface area contributed by atoms with Crippen LogP contribution in [-0.4, -0.2) is 10.9 Å². The normalized spacial score (nSPS) is 10.3. The van der Waals surface area contributed by atoms with Gasteiger partial charge in [-0.2, -0.15) is 0 Å². The molecule has 0 atom stereocenters. The van der Waals surface area contributed by atoms with Gasteiger partial charge in [-0.25, -0.2) is 0 Å². The number of hydrogen-bond donors (Lipinski definition) is 2. The second kappa shape index (κ2) is 6.32. The van der Waals surface area contributed by atoms with Crippen LogP contribution in [0.3, 0.4) is 0 Å². The zero-order valence-electron chi connectivity index (χ0n) is 12.8. The molecule has 0 radical (unpaired) electrons. The number of fused-ring (bicyclic) bond motifs is 1. The summed E-state index contributed by atoms with van der Waals surface area (Å²) in [7, 11) is 0. The molecule has 0 saturated carbocycles. The van der Waals surface area contributed by atoms with Crippen molar-refractivity contribution in [3.63, 3.8) is 0 Å². The number of benzene rings is 2. The van der Waals surface area contributed by atoms with Gasteiger partial charge >= 0.3 is 0 Å². The second-order valence-electron chi connectivity index (χ2n) is 5.25. The van der Waals surface area contributed by atoms with Crippen molar-refractivity contribution in [3.8, 4) is 0 Å². The lowest BCUT2D eigenvalue weighted by molar-refractivity contribution is 0.0944. The number of amides is 1. The summed E-state index contributed by atoms with van der Waals surface area (Å²) in [6.45, 7) is 5.81. The summed E-state index contributed by atoms with van der Waals surface area (Å²) in [5, 5.41) is 0.822. The smallest absolute Gasteiger partial charge is 0.270 e. The van der Waals surface area contributed by atoms with Gasteiger partial charge in [0.05, 0.1) is 16.8 Å². The first-order valence-electron chi connectivity index (χ1n) is 7.32. The Labute approximate surface area is 134 Å². The predicted octanol–water partition coefficient (Wildman–Crippen LogP) is 3.45. The summed E-state index contributed by atoms with van der Waals surface area (Å²) >= 11 is 0. The molecule has 0 saturated heterocycles. The third-order valence-corrected chi connectivity index (χ3v) is 3.54. The zero-order chi connectivity index (χ0) is 16.2. The Bertz CT molecular complexity index is 872. The molecule has 1 heterocycles. The summed E-state index contributed by atoms with van der Waals surface area (Å²) in [5.41, 5.74) is 9.31. The van der Waals surface area contributed by atoms with Crippen LogP contribution in [0.15, 0.2) is 67.2 Å². The summed E-state index contributed by atoms with van der Waals surface area (Å²) < 4.78 is 0. The van der Waals surface area contributed by atoms with E-state index in [0.717, 1.165) is 22.2 Å². The van der Waals surface area contributed by atoms with Crippen molar-refractivity contribution in [2.24, 2.45) is 0 Å². The Morgan fingerprint density at radius 3 is 2.48 bits per heavy atom. The summed E-state index contributed by atoms with van der Waals surface area (Å²) in [4.78, 5) is 16.9. The van der Waals surface area contributed by atoms with Crippen molar-refractivity contribution in [3.05, 3.63) is 84.1 Å². The number of hydrogen-bond acceptors (Lipinski definition) is 3. The fourth-order valence-electron chi connectivity index (χ4n) is 2.41. The number of para-hydroxylation sites is 1. The molecule has 0 aliphatic rings. The van der Waals surface area contributed by atoms with Crippen LogP contribution in [0.2, 0.25) is 0 Å². The number of hydrazine groups is 1. The molecule has 3 aromatic rings. The quantitative estimate of drug-likeness (QED) is 0.726. The molecular weight excluding hydrogens is 286 g/mol. The molecule has 23 heavy (non-hydrogen) atoms. The van der Waals surface area contributed by atoms with E-state index in [0.29, 0.717) is 11.3 Å². The van der Waals surface area contributed by atoms with Crippen LogP contribution in [0.25, 0.3) is 16.6 Å². The fourth-order valence-corrected chi connectivity index (χ4v) is 2.41. The van der Waals surface area contributed by atoms with Crippen molar-refractivity contribution in [2.45, 2.75) is 6.92 Å². The van der Waals surface area contributed by atoms with E-state index in [1.54, 1.807) is 6.07 Å².